The van der Waals surface area contributed by atoms with Crippen LogP contribution in [0.2, 0.25) is 0 Å². The molecule has 0 bridgehead atoms. The lowest BCUT2D eigenvalue weighted by Crippen LogP contribution is -2.49. The van der Waals surface area contributed by atoms with Crippen LogP contribution in [-0.2, 0) is 16.0 Å². The number of unbranched alkanes of at least 4 members (excludes halogenated alkanes) is 1. The van der Waals surface area contributed by atoms with Gasteiger partial charge >= 0.3 is 12.0 Å². The fraction of sp³-hybridized carbons (Fsp3) is 0.382. The largest absolute Gasteiger partial charge is 0.458 e. The van der Waals surface area contributed by atoms with Crippen molar-refractivity contribution in [3.63, 3.8) is 0 Å². The molecule has 3 aromatic carbocycles. The van der Waals surface area contributed by atoms with E-state index in [0.717, 1.165) is 40.6 Å². The third kappa shape index (κ3) is 11.2. The van der Waals surface area contributed by atoms with E-state index in [1.807, 2.05) is 112 Å². The van der Waals surface area contributed by atoms with Gasteiger partial charge in [0.25, 0.3) is 0 Å². The van der Waals surface area contributed by atoms with Crippen molar-refractivity contribution in [2.45, 2.75) is 51.7 Å². The number of benzene rings is 3. The monoisotopic (exact) mass is 557 g/mol. The highest BCUT2D eigenvalue weighted by atomic mass is 16.6. The minimum atomic E-state index is -0.870. The number of hydrazone groups is 1. The maximum Gasteiger partial charge on any atom is 0.338 e. The molecule has 0 unspecified atom stereocenters. The number of nitrogens with one attached hydrogen (secondary N) is 1. The van der Waals surface area contributed by atoms with E-state index >= 15 is 0 Å². The summed E-state index contributed by atoms with van der Waals surface area (Å²) in [6.45, 7) is 6.84. The number of nitrogens with zero attached hydrogens (tertiary/aromatic N) is 3. The molecule has 7 nitrogen and oxygen atoms in total. The SMILES string of the molecule is CC(C)(C)OC(=O)[C@@H](Cc1ccccc1)NC(=O)N(CCCC[N+](C)(C)C)N=C(c1ccccc1)c1ccccc1. The molecular formula is C34H45N4O3+. The summed E-state index contributed by atoms with van der Waals surface area (Å²) in [6, 6.07) is 28.0. The number of quaternary nitrogens is 1. The Morgan fingerprint density at radius 1 is 0.829 bits per heavy atom. The maximum absolute atomic E-state index is 13.9. The van der Waals surface area contributed by atoms with Gasteiger partial charge in [-0.1, -0.05) is 91.0 Å². The molecule has 1 N–H and O–H groups in total. The molecule has 0 heterocycles. The molecule has 218 valence electrons. The van der Waals surface area contributed by atoms with Gasteiger partial charge in [0, 0.05) is 24.1 Å². The topological polar surface area (TPSA) is 71.0 Å². The fourth-order valence-electron chi connectivity index (χ4n) is 4.28. The average Bonchev–Trinajstić information content (AvgIpc) is 2.92. The Kier molecular flexibility index (Phi) is 11.2. The second-order valence-corrected chi connectivity index (χ2v) is 12.3. The second kappa shape index (κ2) is 14.6. The number of hydrogen-bond acceptors (Lipinski definition) is 4. The van der Waals surface area contributed by atoms with Crippen molar-refractivity contribution >= 4 is 17.7 Å². The number of rotatable bonds is 12. The van der Waals surface area contributed by atoms with Crippen LogP contribution < -0.4 is 5.32 Å². The Morgan fingerprint density at radius 3 is 1.83 bits per heavy atom. The molecule has 1 atom stereocenters. The Balaban J connectivity index is 1.95. The van der Waals surface area contributed by atoms with Gasteiger partial charge in [0.2, 0.25) is 0 Å². The first-order chi connectivity index (χ1) is 19.4. The smallest absolute Gasteiger partial charge is 0.338 e. The Bertz CT molecular complexity index is 1220. The minimum Gasteiger partial charge on any atom is -0.458 e. The molecular weight excluding hydrogens is 512 g/mol. The van der Waals surface area contributed by atoms with Crippen LogP contribution in [0.1, 0.15) is 50.3 Å². The number of amides is 2. The summed E-state index contributed by atoms with van der Waals surface area (Å²) in [5.74, 6) is -0.477. The third-order valence-electron chi connectivity index (χ3n) is 6.27. The molecule has 7 heteroatoms. The maximum atomic E-state index is 13.9. The van der Waals surface area contributed by atoms with E-state index in [0.29, 0.717) is 18.7 Å². The van der Waals surface area contributed by atoms with E-state index in [9.17, 15) is 9.59 Å². The Hall–Kier alpha value is -3.97. The van der Waals surface area contributed by atoms with Crippen LogP contribution in [0, 0.1) is 0 Å². The van der Waals surface area contributed by atoms with Crippen LogP contribution >= 0.6 is 0 Å². The first kappa shape index (κ1) is 31.6. The van der Waals surface area contributed by atoms with E-state index in [1.54, 1.807) is 0 Å². The Labute approximate surface area is 245 Å². The van der Waals surface area contributed by atoms with E-state index in [2.05, 4.69) is 26.5 Å². The van der Waals surface area contributed by atoms with Gasteiger partial charge in [-0.15, -0.1) is 0 Å². The normalized spacial score (nSPS) is 12.2. The predicted molar refractivity (Wildman–Crippen MR) is 166 cm³/mol. The fourth-order valence-corrected chi connectivity index (χ4v) is 4.28. The lowest BCUT2D eigenvalue weighted by molar-refractivity contribution is -0.870. The lowest BCUT2D eigenvalue weighted by atomic mass is 10.0. The summed E-state index contributed by atoms with van der Waals surface area (Å²) in [5.41, 5.74) is 2.72. The number of urea groups is 1. The van der Waals surface area contributed by atoms with Crippen LogP contribution in [0.15, 0.2) is 96.1 Å². The zero-order chi connectivity index (χ0) is 29.9. The first-order valence-electron chi connectivity index (χ1n) is 14.3. The summed E-state index contributed by atoms with van der Waals surface area (Å²) in [6.07, 6.45) is 2.00. The highest BCUT2D eigenvalue weighted by Crippen LogP contribution is 2.15. The van der Waals surface area contributed by atoms with Crippen LogP contribution in [0.5, 0.6) is 0 Å². The number of carbonyl (C=O) groups is 2. The van der Waals surface area contributed by atoms with Crippen molar-refractivity contribution in [1.82, 2.24) is 10.3 Å². The molecule has 0 saturated carbocycles. The number of carbonyl (C=O) groups excluding carboxylic acids is 2. The van der Waals surface area contributed by atoms with Gasteiger partial charge in [-0.05, 0) is 39.2 Å². The van der Waals surface area contributed by atoms with Gasteiger partial charge in [-0.2, -0.15) is 5.10 Å². The second-order valence-electron chi connectivity index (χ2n) is 12.3. The molecule has 0 aromatic heterocycles. The van der Waals surface area contributed by atoms with E-state index in [4.69, 9.17) is 9.84 Å². The van der Waals surface area contributed by atoms with Gasteiger partial charge in [0.15, 0.2) is 0 Å². The minimum absolute atomic E-state index is 0.310. The van der Waals surface area contributed by atoms with Gasteiger partial charge in [0.05, 0.1) is 33.4 Å². The van der Waals surface area contributed by atoms with E-state index in [1.165, 1.54) is 5.01 Å². The summed E-state index contributed by atoms with van der Waals surface area (Å²) in [4.78, 5) is 27.2. The highest BCUT2D eigenvalue weighted by Gasteiger charge is 2.29. The molecule has 3 rings (SSSR count). The molecule has 0 saturated heterocycles. The predicted octanol–water partition coefficient (Wildman–Crippen LogP) is 5.89. The molecule has 41 heavy (non-hydrogen) atoms. The van der Waals surface area contributed by atoms with Crippen molar-refractivity contribution in [1.29, 1.82) is 0 Å². The van der Waals surface area contributed by atoms with Crippen molar-refractivity contribution in [3.05, 3.63) is 108 Å². The molecule has 0 aliphatic carbocycles. The van der Waals surface area contributed by atoms with E-state index in [-0.39, 0.29) is 0 Å². The van der Waals surface area contributed by atoms with Crippen LogP contribution in [-0.4, -0.2) is 73.1 Å². The van der Waals surface area contributed by atoms with Crippen LogP contribution in [0.4, 0.5) is 4.79 Å². The molecule has 0 aliphatic heterocycles. The lowest BCUT2D eigenvalue weighted by Gasteiger charge is -2.27. The summed E-state index contributed by atoms with van der Waals surface area (Å²) in [7, 11) is 6.46. The third-order valence-corrected chi connectivity index (χ3v) is 6.27. The molecule has 3 aromatic rings. The van der Waals surface area contributed by atoms with Crippen molar-refractivity contribution in [3.8, 4) is 0 Å². The first-order valence-corrected chi connectivity index (χ1v) is 14.3. The van der Waals surface area contributed by atoms with Gasteiger partial charge in [-0.3, -0.25) is 0 Å². The summed E-state index contributed by atoms with van der Waals surface area (Å²) in [5, 5.41) is 9.35. The molecule has 0 aliphatic rings. The van der Waals surface area contributed by atoms with Crippen LogP contribution in [0.25, 0.3) is 0 Å². The quantitative estimate of drug-likeness (QED) is 0.0993. The number of ether oxygens (including phenoxy) is 1. The standard InChI is InChI=1S/C34H44N4O3/c1-34(2,3)41-32(39)30(26-27-18-10-7-11-19-27)35-33(40)37(24-16-17-25-38(4,5)6)36-31(28-20-12-8-13-21-28)29-22-14-9-15-23-29/h7-15,18-23,30H,16-17,24-26H2,1-6H3/p+1/t30-/m1/s1. The van der Waals surface area contributed by atoms with Gasteiger partial charge < -0.3 is 14.5 Å². The summed E-state index contributed by atoms with van der Waals surface area (Å²) >= 11 is 0. The van der Waals surface area contributed by atoms with Crippen molar-refractivity contribution in [2.75, 3.05) is 34.2 Å². The van der Waals surface area contributed by atoms with Crippen LogP contribution in [0.3, 0.4) is 0 Å². The van der Waals surface area contributed by atoms with E-state index < -0.39 is 23.6 Å². The summed E-state index contributed by atoms with van der Waals surface area (Å²) < 4.78 is 6.54. The zero-order valence-electron chi connectivity index (χ0n) is 25.3. The van der Waals surface area contributed by atoms with Crippen molar-refractivity contribution in [2.24, 2.45) is 5.10 Å². The Morgan fingerprint density at radius 2 is 1.34 bits per heavy atom. The molecule has 0 spiro atoms. The van der Waals surface area contributed by atoms with Gasteiger partial charge in [0.1, 0.15) is 11.6 Å². The number of hydrogen-bond donors (Lipinski definition) is 1. The van der Waals surface area contributed by atoms with Crippen molar-refractivity contribution < 1.29 is 18.8 Å². The molecule has 0 radical (unpaired) electrons. The molecule has 0 fully saturated rings. The van der Waals surface area contributed by atoms with Gasteiger partial charge in [-0.25, -0.2) is 14.6 Å². The zero-order valence-corrected chi connectivity index (χ0v) is 25.3. The average molecular weight is 558 g/mol. The molecule has 2 amide bonds. The number of esters is 1. The highest BCUT2D eigenvalue weighted by molar-refractivity contribution is 6.13.